The van der Waals surface area contributed by atoms with Gasteiger partial charge in [0.15, 0.2) is 5.41 Å². The Morgan fingerprint density at radius 3 is 2.66 bits per heavy atom. The lowest BCUT2D eigenvalue weighted by atomic mass is 9.51. The number of hydrogen-bond acceptors (Lipinski definition) is 5. The Balaban J connectivity index is 1.32. The van der Waals surface area contributed by atoms with Crippen LogP contribution in [0.25, 0.3) is 17.2 Å². The van der Waals surface area contributed by atoms with E-state index >= 15 is 0 Å². The molecule has 6 atom stereocenters. The van der Waals surface area contributed by atoms with Crippen LogP contribution in [-0.2, 0) is 14.3 Å². The van der Waals surface area contributed by atoms with Gasteiger partial charge in [0, 0.05) is 23.4 Å². The second kappa shape index (κ2) is 10.9. The van der Waals surface area contributed by atoms with E-state index in [2.05, 4.69) is 22.4 Å². The summed E-state index contributed by atoms with van der Waals surface area (Å²) in [7, 11) is 0. The van der Waals surface area contributed by atoms with Crippen LogP contribution in [0.5, 0.6) is 0 Å². The molecular weight excluding hydrogens is 517 g/mol. The minimum Gasteiger partial charge on any atom is -0.461 e. The van der Waals surface area contributed by atoms with Crippen LogP contribution in [-0.4, -0.2) is 23.0 Å². The van der Waals surface area contributed by atoms with E-state index in [1.54, 1.807) is 36.5 Å². The molecule has 41 heavy (non-hydrogen) atoms. The van der Waals surface area contributed by atoms with Crippen LogP contribution in [0.15, 0.2) is 72.9 Å². The predicted octanol–water partition coefficient (Wildman–Crippen LogP) is 6.79. The second-order valence-corrected chi connectivity index (χ2v) is 11.6. The first-order chi connectivity index (χ1) is 19.9. The van der Waals surface area contributed by atoms with Crippen LogP contribution in [0.3, 0.4) is 0 Å². The van der Waals surface area contributed by atoms with Crippen molar-refractivity contribution in [3.63, 3.8) is 0 Å². The summed E-state index contributed by atoms with van der Waals surface area (Å²) in [6.07, 6.45) is 10.2. The number of esters is 1. The molecule has 6 nitrogen and oxygen atoms in total. The highest BCUT2D eigenvalue weighted by Crippen LogP contribution is 2.60. The third-order valence-electron chi connectivity index (χ3n) is 9.30. The van der Waals surface area contributed by atoms with Gasteiger partial charge in [0.25, 0.3) is 0 Å². The number of allylic oxidation sites excluding steroid dienone is 1. The molecule has 0 bridgehead atoms. The monoisotopic (exact) mass is 549 g/mol. The van der Waals surface area contributed by atoms with Crippen molar-refractivity contribution < 1.29 is 18.7 Å². The minimum atomic E-state index is -1.28. The van der Waals surface area contributed by atoms with Crippen LogP contribution in [0, 0.1) is 46.2 Å². The van der Waals surface area contributed by atoms with Gasteiger partial charge in [0.05, 0.1) is 17.3 Å². The summed E-state index contributed by atoms with van der Waals surface area (Å²) in [6, 6.07) is 19.0. The maximum absolute atomic E-state index is 14.0. The number of aromatic nitrogens is 1. The first-order valence-corrected chi connectivity index (χ1v) is 14.3. The summed E-state index contributed by atoms with van der Waals surface area (Å²) in [5, 5.41) is 12.1. The quantitative estimate of drug-likeness (QED) is 0.280. The van der Waals surface area contributed by atoms with Gasteiger partial charge in [0.2, 0.25) is 5.91 Å². The number of pyridine rings is 1. The van der Waals surface area contributed by atoms with Crippen molar-refractivity contribution in [2.24, 2.45) is 29.1 Å². The van der Waals surface area contributed by atoms with E-state index in [9.17, 15) is 14.0 Å². The summed E-state index contributed by atoms with van der Waals surface area (Å²) in [5.41, 5.74) is 2.12. The van der Waals surface area contributed by atoms with E-state index in [1.807, 2.05) is 31.2 Å². The van der Waals surface area contributed by atoms with Gasteiger partial charge >= 0.3 is 5.97 Å². The number of amides is 1. The number of halogens is 1. The van der Waals surface area contributed by atoms with Crippen molar-refractivity contribution >= 4 is 23.6 Å². The number of ether oxygens (including phenoxy) is 1. The van der Waals surface area contributed by atoms with Crippen LogP contribution in [0.2, 0.25) is 0 Å². The Kier molecular flexibility index (Phi) is 7.17. The Labute approximate surface area is 239 Å². The molecule has 6 rings (SSSR count). The average molecular weight is 550 g/mol. The topological polar surface area (TPSA) is 92.1 Å². The Bertz CT molecular complexity index is 1530. The van der Waals surface area contributed by atoms with Gasteiger partial charge in [0.1, 0.15) is 11.9 Å². The molecule has 0 spiro atoms. The predicted molar refractivity (Wildman–Crippen MR) is 153 cm³/mol. The summed E-state index contributed by atoms with van der Waals surface area (Å²) < 4.78 is 19.5. The van der Waals surface area contributed by atoms with E-state index in [1.165, 1.54) is 12.1 Å². The van der Waals surface area contributed by atoms with Gasteiger partial charge in [-0.15, -0.1) is 0 Å². The van der Waals surface area contributed by atoms with Gasteiger partial charge in [-0.1, -0.05) is 43.5 Å². The van der Waals surface area contributed by atoms with Gasteiger partial charge in [-0.25, -0.2) is 4.39 Å². The SMILES string of the molecule is C[C@H]1OC(=O)[C@]2(C(=O)Nc3ccc(C#N)cc3)C[C@@H]3CCCC[C@H]3C(/C=C/c3ccc(-c4cccc(F)c4)cn3)[C@H]12. The molecule has 3 aromatic rings. The number of hydrogen-bond donors (Lipinski definition) is 1. The number of carbonyl (C=O) groups excluding carboxylic acids is 2. The maximum Gasteiger partial charge on any atom is 0.322 e. The zero-order valence-electron chi connectivity index (χ0n) is 22.9. The van der Waals surface area contributed by atoms with Crippen LogP contribution < -0.4 is 5.32 Å². The third-order valence-corrected chi connectivity index (χ3v) is 9.30. The molecule has 1 unspecified atom stereocenters. The number of anilines is 1. The highest BCUT2D eigenvalue weighted by Gasteiger charge is 2.67. The van der Waals surface area contributed by atoms with Crippen molar-refractivity contribution in [2.75, 3.05) is 5.32 Å². The molecule has 7 heteroatoms. The Morgan fingerprint density at radius 1 is 1.12 bits per heavy atom. The fourth-order valence-electron chi connectivity index (χ4n) is 7.44. The highest BCUT2D eigenvalue weighted by atomic mass is 19.1. The number of nitrogens with zero attached hydrogens (tertiary/aromatic N) is 2. The minimum absolute atomic E-state index is 0.0353. The van der Waals surface area contributed by atoms with Crippen molar-refractivity contribution in [1.29, 1.82) is 5.26 Å². The van der Waals surface area contributed by atoms with Crippen molar-refractivity contribution in [2.45, 2.75) is 45.1 Å². The van der Waals surface area contributed by atoms with Crippen molar-refractivity contribution in [3.05, 3.63) is 90.0 Å². The van der Waals surface area contributed by atoms with Crippen LogP contribution in [0.4, 0.5) is 10.1 Å². The maximum atomic E-state index is 14.0. The van der Waals surface area contributed by atoms with Gasteiger partial charge in [-0.2, -0.15) is 5.26 Å². The lowest BCUT2D eigenvalue weighted by Crippen LogP contribution is -2.55. The molecule has 208 valence electrons. The lowest BCUT2D eigenvalue weighted by molar-refractivity contribution is -0.156. The molecule has 2 saturated carbocycles. The third kappa shape index (κ3) is 4.93. The molecule has 1 aliphatic heterocycles. The van der Waals surface area contributed by atoms with E-state index in [4.69, 9.17) is 10.00 Å². The molecule has 1 aromatic heterocycles. The lowest BCUT2D eigenvalue weighted by Gasteiger charge is -2.50. The standard InChI is InChI=1S/C34H32FN3O3/c1-21-31-30(16-15-27-14-11-25(20-37-27)23-6-4-7-26(35)17-23)29-8-3-2-5-24(29)18-34(31,33(40)41-21)32(39)38-28-12-9-22(19-36)10-13-28/h4,6-7,9-17,20-21,24,29-31H,2-3,5,8,18H2,1H3,(H,38,39)/b16-15+/t21-,24+,29-,30?,31+,34-/m1/s1. The number of rotatable bonds is 5. The van der Waals surface area contributed by atoms with Gasteiger partial charge in [-0.05, 0) is 91.6 Å². The zero-order chi connectivity index (χ0) is 28.6. The average Bonchev–Trinajstić information content (AvgIpc) is 3.25. The molecule has 2 heterocycles. The molecule has 3 fully saturated rings. The zero-order valence-corrected chi connectivity index (χ0v) is 22.9. The van der Waals surface area contributed by atoms with E-state index in [0.717, 1.165) is 42.5 Å². The fraction of sp³-hybridized carbons (Fsp3) is 0.353. The molecule has 1 amide bonds. The fourth-order valence-corrected chi connectivity index (χ4v) is 7.44. The Hall–Kier alpha value is -4.31. The van der Waals surface area contributed by atoms with E-state index in [-0.39, 0.29) is 29.5 Å². The molecule has 1 saturated heterocycles. The van der Waals surface area contributed by atoms with Crippen molar-refractivity contribution in [3.8, 4) is 17.2 Å². The summed E-state index contributed by atoms with van der Waals surface area (Å²) in [6.45, 7) is 1.90. The molecule has 2 aliphatic carbocycles. The number of benzene rings is 2. The number of fused-ring (bicyclic) bond motifs is 2. The van der Waals surface area contributed by atoms with Crippen LogP contribution >= 0.6 is 0 Å². The molecule has 1 N–H and O–H groups in total. The van der Waals surface area contributed by atoms with Gasteiger partial charge < -0.3 is 10.1 Å². The molecular formula is C34H32FN3O3. The second-order valence-electron chi connectivity index (χ2n) is 11.6. The first-order valence-electron chi connectivity index (χ1n) is 14.3. The number of nitrogens with one attached hydrogen (secondary N) is 1. The van der Waals surface area contributed by atoms with Crippen LogP contribution in [0.1, 0.15) is 50.3 Å². The normalized spacial score (nSPS) is 28.8. The van der Waals surface area contributed by atoms with E-state index < -0.39 is 17.5 Å². The molecule has 3 aliphatic rings. The van der Waals surface area contributed by atoms with E-state index in [0.29, 0.717) is 23.6 Å². The summed E-state index contributed by atoms with van der Waals surface area (Å²) in [5.74, 6) is -0.822. The Morgan fingerprint density at radius 2 is 1.93 bits per heavy atom. The smallest absolute Gasteiger partial charge is 0.322 e. The number of nitriles is 1. The number of cyclic esters (lactones) is 1. The summed E-state index contributed by atoms with van der Waals surface area (Å²) in [4.78, 5) is 32.2. The van der Waals surface area contributed by atoms with Gasteiger partial charge in [-0.3, -0.25) is 14.6 Å². The highest BCUT2D eigenvalue weighted by molar-refractivity contribution is 6.10. The number of carbonyl (C=O) groups is 2. The molecule has 0 radical (unpaired) electrons. The first kappa shape index (κ1) is 26.9. The van der Waals surface area contributed by atoms with Crippen molar-refractivity contribution in [1.82, 2.24) is 4.98 Å². The summed E-state index contributed by atoms with van der Waals surface area (Å²) >= 11 is 0. The molecule has 2 aromatic carbocycles. The largest absolute Gasteiger partial charge is 0.461 e.